The van der Waals surface area contributed by atoms with Gasteiger partial charge in [-0.25, -0.2) is 18.1 Å². The van der Waals surface area contributed by atoms with Gasteiger partial charge in [-0.05, 0) is 55.1 Å². The summed E-state index contributed by atoms with van der Waals surface area (Å²) in [6, 6.07) is 2.14. The monoisotopic (exact) mass is 476 g/mol. The third-order valence-electron chi connectivity index (χ3n) is 5.60. The second-order valence-corrected chi connectivity index (χ2v) is 7.10. The molecule has 24 heavy (non-hydrogen) atoms. The summed E-state index contributed by atoms with van der Waals surface area (Å²) in [4.78, 5) is 2.43. The Labute approximate surface area is 195 Å². The Kier molecular flexibility index (Phi) is 6.69. The molecular formula is C19H24NO2Y2-. The van der Waals surface area contributed by atoms with Crippen LogP contribution in [-0.4, -0.2) is 31.7 Å². The molecule has 0 fully saturated rings. The van der Waals surface area contributed by atoms with Crippen LogP contribution in [0.1, 0.15) is 36.5 Å². The predicted octanol–water partition coefficient (Wildman–Crippen LogP) is 3.39. The van der Waals surface area contributed by atoms with E-state index in [0.29, 0.717) is 0 Å². The van der Waals surface area contributed by atoms with Crippen molar-refractivity contribution in [2.75, 3.05) is 20.7 Å². The van der Waals surface area contributed by atoms with Crippen LogP contribution in [0.3, 0.4) is 0 Å². The Morgan fingerprint density at radius 3 is 2.83 bits per heavy atom. The minimum absolute atomic E-state index is 0. The average molecular weight is 476 g/mol. The molecule has 0 aromatic heterocycles. The first kappa shape index (κ1) is 20.9. The zero-order valence-electron chi connectivity index (χ0n) is 15.1. The van der Waals surface area contributed by atoms with Crippen LogP contribution < -0.4 is 9.47 Å². The Bertz CT molecular complexity index is 661. The zero-order valence-corrected chi connectivity index (χ0v) is 20.7. The molecule has 0 amide bonds. The van der Waals surface area contributed by atoms with E-state index < -0.39 is 0 Å². The van der Waals surface area contributed by atoms with Crippen LogP contribution in [0, 0.1) is 12.8 Å². The maximum atomic E-state index is 6.45. The van der Waals surface area contributed by atoms with Crippen molar-refractivity contribution in [1.29, 1.82) is 0 Å². The van der Waals surface area contributed by atoms with Gasteiger partial charge in [0.05, 0.1) is 13.2 Å². The van der Waals surface area contributed by atoms with Crippen LogP contribution in [0.25, 0.3) is 0 Å². The summed E-state index contributed by atoms with van der Waals surface area (Å²) in [5.74, 6) is 3.28. The molecule has 124 valence electrons. The third kappa shape index (κ3) is 3.07. The SMILES string of the molecule is COc1cc(C)c2c3c1O[C@H]1C[C-](C)C=C[C@@]31CCN(C)C2.[Y].[Y]. The normalized spacial score (nSPS) is 27.2. The average Bonchev–Trinajstić information content (AvgIpc) is 2.74. The molecule has 5 heteroatoms. The summed E-state index contributed by atoms with van der Waals surface area (Å²) in [6.45, 7) is 6.48. The van der Waals surface area contributed by atoms with Gasteiger partial charge in [-0.1, -0.05) is 6.42 Å². The molecular weight excluding hydrogens is 452 g/mol. The summed E-state index contributed by atoms with van der Waals surface area (Å²) < 4.78 is 12.1. The van der Waals surface area contributed by atoms with Crippen LogP contribution in [0.15, 0.2) is 18.2 Å². The molecule has 0 N–H and O–H groups in total. The number of hydrogen-bond acceptors (Lipinski definition) is 3. The molecule has 2 heterocycles. The number of benzene rings is 1. The first-order valence-electron chi connectivity index (χ1n) is 8.13. The van der Waals surface area contributed by atoms with Crippen LogP contribution in [0.5, 0.6) is 11.5 Å². The van der Waals surface area contributed by atoms with Crippen molar-refractivity contribution in [3.63, 3.8) is 0 Å². The Balaban J connectivity index is 0.00000104. The molecule has 3 nitrogen and oxygen atoms in total. The molecule has 0 bridgehead atoms. The first-order chi connectivity index (χ1) is 10.5. The van der Waals surface area contributed by atoms with Gasteiger partial charge in [0.1, 0.15) is 0 Å². The maximum Gasteiger partial charge on any atom is 0.164 e. The number of allylic oxidation sites excluding steroid dienone is 1. The number of ether oxygens (including phenoxy) is 2. The number of methoxy groups -OCH3 is 1. The Morgan fingerprint density at radius 1 is 1.38 bits per heavy atom. The van der Waals surface area contributed by atoms with Gasteiger partial charge in [0.15, 0.2) is 11.5 Å². The fraction of sp³-hybridized carbons (Fsp3) is 0.526. The topological polar surface area (TPSA) is 21.7 Å². The summed E-state index contributed by atoms with van der Waals surface area (Å²) in [5, 5.41) is 0. The maximum absolute atomic E-state index is 6.45. The van der Waals surface area contributed by atoms with Crippen molar-refractivity contribution in [2.45, 2.75) is 44.8 Å². The van der Waals surface area contributed by atoms with Gasteiger partial charge in [-0.3, -0.25) is 0 Å². The van der Waals surface area contributed by atoms with Gasteiger partial charge in [0.25, 0.3) is 0 Å². The fourth-order valence-corrected chi connectivity index (χ4v) is 4.34. The third-order valence-corrected chi connectivity index (χ3v) is 5.60. The van der Waals surface area contributed by atoms with Crippen LogP contribution in [0.2, 0.25) is 0 Å². The van der Waals surface area contributed by atoms with E-state index >= 15 is 0 Å². The van der Waals surface area contributed by atoms with Crippen molar-refractivity contribution in [3.05, 3.63) is 40.8 Å². The van der Waals surface area contributed by atoms with E-state index in [1.165, 1.54) is 22.6 Å². The van der Waals surface area contributed by atoms with Gasteiger partial charge >= 0.3 is 0 Å². The van der Waals surface area contributed by atoms with Gasteiger partial charge < -0.3 is 14.4 Å². The molecule has 3 aliphatic rings. The van der Waals surface area contributed by atoms with Gasteiger partial charge in [-0.15, -0.1) is 6.92 Å². The van der Waals surface area contributed by atoms with Crippen LogP contribution >= 0.6 is 0 Å². The quantitative estimate of drug-likeness (QED) is 0.581. The standard InChI is InChI=1S/C19H24NO2.2Y/c1-12-5-6-19-7-8-20(3)11-14-13(2)10-15(21-4)18(17(14)19)22-16(19)9-12;;/h5-6,10,16H,7-9,11H2,1-4H3;;/q-1;;/t16-,19-;;/m0../s1. The summed E-state index contributed by atoms with van der Waals surface area (Å²) in [6.07, 6.45) is 7.05. The van der Waals surface area contributed by atoms with Gasteiger partial charge in [0, 0.05) is 72.0 Å². The van der Waals surface area contributed by atoms with E-state index in [-0.39, 0.29) is 76.9 Å². The molecule has 2 radical (unpaired) electrons. The smallest absolute Gasteiger partial charge is 0.164 e. The van der Waals surface area contributed by atoms with E-state index in [1.54, 1.807) is 7.11 Å². The number of aryl methyl sites for hydroxylation is 1. The Morgan fingerprint density at radius 2 is 2.12 bits per heavy atom. The molecule has 0 saturated heterocycles. The second kappa shape index (κ2) is 7.69. The Hall–Kier alpha value is 0.598. The van der Waals surface area contributed by atoms with Crippen molar-refractivity contribution in [2.24, 2.45) is 0 Å². The van der Waals surface area contributed by atoms with Crippen molar-refractivity contribution in [3.8, 4) is 11.5 Å². The predicted molar refractivity (Wildman–Crippen MR) is 87.5 cm³/mol. The molecule has 4 rings (SSSR count). The van der Waals surface area contributed by atoms with Crippen molar-refractivity contribution < 1.29 is 74.9 Å². The molecule has 0 unspecified atom stereocenters. The first-order valence-corrected chi connectivity index (χ1v) is 8.13. The molecule has 1 aromatic rings. The summed E-state index contributed by atoms with van der Waals surface area (Å²) >= 11 is 0. The number of nitrogens with zero attached hydrogens (tertiary/aromatic N) is 1. The summed E-state index contributed by atoms with van der Waals surface area (Å²) in [7, 11) is 3.96. The minimum atomic E-state index is 0. The minimum Gasteiger partial charge on any atom is -0.493 e. The number of rotatable bonds is 1. The summed E-state index contributed by atoms with van der Waals surface area (Å²) in [5.41, 5.74) is 4.16. The fourth-order valence-electron chi connectivity index (χ4n) is 4.34. The van der Waals surface area contributed by atoms with Crippen LogP contribution in [0.4, 0.5) is 0 Å². The molecule has 0 saturated carbocycles. The van der Waals surface area contributed by atoms with E-state index in [1.807, 2.05) is 0 Å². The zero-order chi connectivity index (χ0) is 15.5. The van der Waals surface area contributed by atoms with E-state index in [0.717, 1.165) is 37.4 Å². The van der Waals surface area contributed by atoms with E-state index in [2.05, 4.69) is 44.0 Å². The van der Waals surface area contributed by atoms with E-state index in [9.17, 15) is 0 Å². The van der Waals surface area contributed by atoms with Crippen molar-refractivity contribution in [1.82, 2.24) is 4.90 Å². The van der Waals surface area contributed by atoms with Crippen molar-refractivity contribution >= 4 is 0 Å². The molecule has 1 aliphatic carbocycles. The molecule has 2 atom stereocenters. The van der Waals surface area contributed by atoms with E-state index in [4.69, 9.17) is 9.47 Å². The molecule has 2 aliphatic heterocycles. The molecule has 1 spiro atoms. The number of hydrogen-bond donors (Lipinski definition) is 0. The van der Waals surface area contributed by atoms with Crippen LogP contribution in [-0.2, 0) is 77.4 Å². The second-order valence-electron chi connectivity index (χ2n) is 7.10. The van der Waals surface area contributed by atoms with Gasteiger partial charge in [0.2, 0.25) is 0 Å². The molecule has 1 aromatic carbocycles. The van der Waals surface area contributed by atoms with Gasteiger partial charge in [-0.2, -0.15) is 0 Å². The largest absolute Gasteiger partial charge is 0.493 e.